The van der Waals surface area contributed by atoms with Crippen molar-refractivity contribution in [3.8, 4) is 0 Å². The molecule has 0 aliphatic rings. The van der Waals surface area contributed by atoms with Gasteiger partial charge in [0.05, 0.1) is 0 Å². The number of thiazole rings is 1. The largest absolute Gasteiger partial charge is 0.348 e. The molecule has 2 N–H and O–H groups in total. The SMILES string of the molecule is CCCCCCCCCCCCNC(=O)C(=O)Nc1nccs1. The molecular formula is C17H29N3O2S. The number of hydrogen-bond donors (Lipinski definition) is 2. The topological polar surface area (TPSA) is 71.1 Å². The molecule has 0 aliphatic heterocycles. The van der Waals surface area contributed by atoms with Crippen LogP contribution in [0.2, 0.25) is 0 Å². The van der Waals surface area contributed by atoms with E-state index in [0.717, 1.165) is 12.8 Å². The Morgan fingerprint density at radius 1 is 0.957 bits per heavy atom. The zero-order chi connectivity index (χ0) is 16.8. The van der Waals surface area contributed by atoms with Crippen molar-refractivity contribution in [2.75, 3.05) is 11.9 Å². The molecule has 23 heavy (non-hydrogen) atoms. The maximum atomic E-state index is 11.6. The van der Waals surface area contributed by atoms with Crippen molar-refractivity contribution < 1.29 is 9.59 Å². The van der Waals surface area contributed by atoms with Crippen LogP contribution in [0, 0.1) is 0 Å². The van der Waals surface area contributed by atoms with E-state index in [1.54, 1.807) is 11.6 Å². The summed E-state index contributed by atoms with van der Waals surface area (Å²) in [6.45, 7) is 2.79. The maximum absolute atomic E-state index is 11.6. The highest BCUT2D eigenvalue weighted by atomic mass is 32.1. The molecule has 1 heterocycles. The van der Waals surface area contributed by atoms with Crippen LogP contribution in [0.3, 0.4) is 0 Å². The Bertz CT molecular complexity index is 435. The van der Waals surface area contributed by atoms with Gasteiger partial charge in [-0.1, -0.05) is 64.7 Å². The molecule has 1 aromatic rings. The minimum absolute atomic E-state index is 0.448. The average Bonchev–Trinajstić information content (AvgIpc) is 3.05. The molecule has 2 amide bonds. The summed E-state index contributed by atoms with van der Waals surface area (Å²) in [6, 6.07) is 0. The van der Waals surface area contributed by atoms with E-state index in [-0.39, 0.29) is 0 Å². The van der Waals surface area contributed by atoms with Crippen molar-refractivity contribution in [1.29, 1.82) is 0 Å². The zero-order valence-corrected chi connectivity index (χ0v) is 14.9. The smallest absolute Gasteiger partial charge is 0.315 e. The maximum Gasteiger partial charge on any atom is 0.315 e. The first-order valence-electron chi connectivity index (χ1n) is 8.72. The highest BCUT2D eigenvalue weighted by Crippen LogP contribution is 2.11. The van der Waals surface area contributed by atoms with Gasteiger partial charge in [-0.15, -0.1) is 11.3 Å². The molecule has 1 aromatic heterocycles. The third-order valence-corrected chi connectivity index (χ3v) is 4.36. The number of anilines is 1. The van der Waals surface area contributed by atoms with Crippen LogP contribution in [-0.4, -0.2) is 23.3 Å². The van der Waals surface area contributed by atoms with Gasteiger partial charge in [-0.25, -0.2) is 4.98 Å². The lowest BCUT2D eigenvalue weighted by atomic mass is 10.1. The number of rotatable bonds is 12. The van der Waals surface area contributed by atoms with E-state index in [4.69, 9.17) is 0 Å². The molecule has 0 saturated heterocycles. The van der Waals surface area contributed by atoms with E-state index in [1.807, 2.05) is 0 Å². The fourth-order valence-electron chi connectivity index (χ4n) is 2.33. The van der Waals surface area contributed by atoms with Gasteiger partial charge in [-0.2, -0.15) is 0 Å². The molecule has 0 radical (unpaired) electrons. The van der Waals surface area contributed by atoms with Gasteiger partial charge in [0.2, 0.25) is 0 Å². The first kappa shape index (κ1) is 19.6. The van der Waals surface area contributed by atoms with Gasteiger partial charge in [-0.05, 0) is 6.42 Å². The number of nitrogens with zero attached hydrogens (tertiary/aromatic N) is 1. The fourth-order valence-corrected chi connectivity index (χ4v) is 2.86. The van der Waals surface area contributed by atoms with Gasteiger partial charge in [0.1, 0.15) is 0 Å². The summed E-state index contributed by atoms with van der Waals surface area (Å²) in [5, 5.41) is 7.31. The van der Waals surface area contributed by atoms with Crippen molar-refractivity contribution in [1.82, 2.24) is 10.3 Å². The first-order valence-corrected chi connectivity index (χ1v) is 9.60. The molecule has 0 fully saturated rings. The van der Waals surface area contributed by atoms with Gasteiger partial charge >= 0.3 is 11.8 Å². The normalized spacial score (nSPS) is 10.5. The summed E-state index contributed by atoms with van der Waals surface area (Å²) in [4.78, 5) is 27.1. The summed E-state index contributed by atoms with van der Waals surface area (Å²) in [6.07, 6.45) is 14.1. The minimum atomic E-state index is -0.646. The second-order valence-electron chi connectivity index (χ2n) is 5.73. The second kappa shape index (κ2) is 13.0. The summed E-state index contributed by atoms with van der Waals surface area (Å²) >= 11 is 1.29. The Kier molecular flexibility index (Phi) is 11.1. The Balaban J connectivity index is 1.90. The highest BCUT2D eigenvalue weighted by molar-refractivity contribution is 7.13. The number of carbonyl (C=O) groups is 2. The van der Waals surface area contributed by atoms with Crippen molar-refractivity contribution >= 4 is 28.3 Å². The van der Waals surface area contributed by atoms with Gasteiger partial charge in [0.25, 0.3) is 0 Å². The first-order chi connectivity index (χ1) is 11.2. The second-order valence-corrected chi connectivity index (χ2v) is 6.62. The van der Waals surface area contributed by atoms with Gasteiger partial charge in [0.15, 0.2) is 5.13 Å². The lowest BCUT2D eigenvalue weighted by Gasteiger charge is -2.05. The predicted molar refractivity (Wildman–Crippen MR) is 95.6 cm³/mol. The number of carbonyl (C=O) groups excluding carboxylic acids is 2. The van der Waals surface area contributed by atoms with E-state index >= 15 is 0 Å². The van der Waals surface area contributed by atoms with Gasteiger partial charge in [0, 0.05) is 18.1 Å². The monoisotopic (exact) mass is 339 g/mol. The molecule has 0 aliphatic carbocycles. The van der Waals surface area contributed by atoms with Crippen LogP contribution in [0.25, 0.3) is 0 Å². The number of amides is 2. The van der Waals surface area contributed by atoms with Crippen LogP contribution in [-0.2, 0) is 9.59 Å². The van der Waals surface area contributed by atoms with Crippen LogP contribution in [0.1, 0.15) is 71.1 Å². The molecule has 0 bridgehead atoms. The quantitative estimate of drug-likeness (QED) is 0.444. The Labute approximate surface area is 143 Å². The molecule has 0 atom stereocenters. The van der Waals surface area contributed by atoms with Crippen LogP contribution in [0.15, 0.2) is 11.6 Å². The lowest BCUT2D eigenvalue weighted by molar-refractivity contribution is -0.136. The minimum Gasteiger partial charge on any atom is -0.348 e. The third kappa shape index (κ3) is 10.0. The molecule has 0 saturated carbocycles. The van der Waals surface area contributed by atoms with Crippen molar-refractivity contribution in [3.05, 3.63) is 11.6 Å². The molecule has 5 nitrogen and oxygen atoms in total. The summed E-state index contributed by atoms with van der Waals surface area (Å²) < 4.78 is 0. The summed E-state index contributed by atoms with van der Waals surface area (Å²) in [5.74, 6) is -1.23. The van der Waals surface area contributed by atoms with Gasteiger partial charge in [-0.3, -0.25) is 14.9 Å². The highest BCUT2D eigenvalue weighted by Gasteiger charge is 2.13. The third-order valence-electron chi connectivity index (χ3n) is 3.67. The lowest BCUT2D eigenvalue weighted by Crippen LogP contribution is -2.35. The van der Waals surface area contributed by atoms with Crippen molar-refractivity contribution in [2.45, 2.75) is 71.1 Å². The molecule has 130 valence electrons. The van der Waals surface area contributed by atoms with Crippen LogP contribution < -0.4 is 10.6 Å². The van der Waals surface area contributed by atoms with Crippen LogP contribution >= 0.6 is 11.3 Å². The standard InChI is InChI=1S/C17H29N3O2S/c1-2-3-4-5-6-7-8-9-10-11-12-18-15(21)16(22)20-17-19-13-14-23-17/h13-14H,2-12H2,1H3,(H,18,21)(H,19,20,22). The average molecular weight is 340 g/mol. The summed E-state index contributed by atoms with van der Waals surface area (Å²) in [7, 11) is 0. The number of hydrogen-bond acceptors (Lipinski definition) is 4. The van der Waals surface area contributed by atoms with E-state index in [0.29, 0.717) is 11.7 Å². The van der Waals surface area contributed by atoms with Gasteiger partial charge < -0.3 is 5.32 Å². The van der Waals surface area contributed by atoms with E-state index in [1.165, 1.54) is 62.7 Å². The number of unbranched alkanes of at least 4 members (excludes halogenated alkanes) is 9. The van der Waals surface area contributed by atoms with Crippen molar-refractivity contribution in [2.24, 2.45) is 0 Å². The van der Waals surface area contributed by atoms with Crippen LogP contribution in [0.5, 0.6) is 0 Å². The number of nitrogens with one attached hydrogen (secondary N) is 2. The van der Waals surface area contributed by atoms with E-state index in [2.05, 4.69) is 22.5 Å². The molecule has 6 heteroatoms. The Hall–Kier alpha value is -1.43. The Morgan fingerprint density at radius 3 is 2.13 bits per heavy atom. The van der Waals surface area contributed by atoms with Crippen molar-refractivity contribution in [3.63, 3.8) is 0 Å². The molecule has 0 aromatic carbocycles. The number of aromatic nitrogens is 1. The van der Waals surface area contributed by atoms with E-state index < -0.39 is 11.8 Å². The Morgan fingerprint density at radius 2 is 1.57 bits per heavy atom. The molecule has 0 spiro atoms. The summed E-state index contributed by atoms with van der Waals surface area (Å²) in [5.41, 5.74) is 0. The molecule has 0 unspecified atom stereocenters. The zero-order valence-electron chi connectivity index (χ0n) is 14.1. The van der Waals surface area contributed by atoms with E-state index in [9.17, 15) is 9.59 Å². The molecule has 1 rings (SSSR count). The predicted octanol–water partition coefficient (Wildman–Crippen LogP) is 4.12. The molecular weight excluding hydrogens is 310 g/mol. The fraction of sp³-hybridized carbons (Fsp3) is 0.706. The van der Waals surface area contributed by atoms with Crippen LogP contribution in [0.4, 0.5) is 5.13 Å².